The Morgan fingerprint density at radius 3 is 2.55 bits per heavy atom. The number of amides is 3. The van der Waals surface area contributed by atoms with Gasteiger partial charge < -0.3 is 24.5 Å². The van der Waals surface area contributed by atoms with E-state index in [9.17, 15) is 19.5 Å². The molecule has 2 fully saturated rings. The Morgan fingerprint density at radius 2 is 1.87 bits per heavy atom. The highest BCUT2D eigenvalue weighted by Gasteiger charge is 2.72. The van der Waals surface area contributed by atoms with Crippen LogP contribution in [-0.2, 0) is 19.1 Å². The zero-order valence-electron chi connectivity index (χ0n) is 22.1. The first kappa shape index (κ1) is 26.9. The number of halogens is 1. The first-order valence-electron chi connectivity index (χ1n) is 13.6. The molecule has 1 unspecified atom stereocenters. The summed E-state index contributed by atoms with van der Waals surface area (Å²) in [6.07, 6.45) is 8.32. The van der Waals surface area contributed by atoms with Gasteiger partial charge in [0.25, 0.3) is 5.91 Å². The van der Waals surface area contributed by atoms with E-state index in [-0.39, 0.29) is 36.8 Å². The molecule has 1 spiro atoms. The zero-order valence-corrected chi connectivity index (χ0v) is 22.9. The zero-order chi connectivity index (χ0) is 27.2. The average molecular weight is 542 g/mol. The molecule has 0 aromatic heterocycles. The largest absolute Gasteiger partial charge is 0.394 e. The Bertz CT molecular complexity index is 1170. The van der Waals surface area contributed by atoms with Crippen LogP contribution < -0.4 is 4.90 Å². The fourth-order valence-corrected chi connectivity index (χ4v) is 6.90. The van der Waals surface area contributed by atoms with Crippen LogP contribution in [0.1, 0.15) is 33.6 Å². The van der Waals surface area contributed by atoms with Crippen LogP contribution in [-0.4, -0.2) is 82.7 Å². The molecule has 1 aromatic rings. The van der Waals surface area contributed by atoms with Crippen molar-refractivity contribution >= 4 is 35.0 Å². The van der Waals surface area contributed by atoms with Gasteiger partial charge in [0.1, 0.15) is 11.6 Å². The highest BCUT2D eigenvalue weighted by atomic mass is 35.5. The molecule has 4 aliphatic rings. The minimum Gasteiger partial charge on any atom is -0.394 e. The highest BCUT2D eigenvalue weighted by Crippen LogP contribution is 2.54. The van der Waals surface area contributed by atoms with Gasteiger partial charge in [0.2, 0.25) is 11.8 Å². The van der Waals surface area contributed by atoms with Crippen LogP contribution in [0.5, 0.6) is 0 Å². The maximum absolute atomic E-state index is 14.5. The summed E-state index contributed by atoms with van der Waals surface area (Å²) in [5.74, 6) is -2.49. The number of para-hydroxylation sites is 1. The molecule has 4 aliphatic heterocycles. The fourth-order valence-electron chi connectivity index (χ4n) is 6.66. The molecule has 2 saturated heterocycles. The summed E-state index contributed by atoms with van der Waals surface area (Å²) in [5, 5.41) is 10.9. The number of nitrogens with zero attached hydrogens (tertiary/aromatic N) is 3. The molecule has 9 heteroatoms. The lowest BCUT2D eigenvalue weighted by atomic mass is 9.77. The lowest BCUT2D eigenvalue weighted by Gasteiger charge is -2.40. The van der Waals surface area contributed by atoms with Gasteiger partial charge in [-0.05, 0) is 24.5 Å². The number of ether oxygens (including phenoxy) is 1. The molecule has 3 amide bonds. The van der Waals surface area contributed by atoms with Gasteiger partial charge in [-0.25, -0.2) is 0 Å². The highest BCUT2D eigenvalue weighted by molar-refractivity contribution is 6.34. The van der Waals surface area contributed by atoms with E-state index in [2.05, 4.69) is 0 Å². The minimum absolute atomic E-state index is 0.0780. The topological polar surface area (TPSA) is 90.4 Å². The van der Waals surface area contributed by atoms with Crippen molar-refractivity contribution in [1.82, 2.24) is 9.80 Å². The Morgan fingerprint density at radius 1 is 1.11 bits per heavy atom. The third kappa shape index (κ3) is 4.00. The third-order valence-corrected chi connectivity index (χ3v) is 8.98. The van der Waals surface area contributed by atoms with Crippen molar-refractivity contribution in [2.75, 3.05) is 31.1 Å². The molecule has 4 heterocycles. The quantitative estimate of drug-likeness (QED) is 0.536. The van der Waals surface area contributed by atoms with Crippen molar-refractivity contribution in [2.45, 2.75) is 57.4 Å². The van der Waals surface area contributed by atoms with Gasteiger partial charge in [0.15, 0.2) is 0 Å². The Kier molecular flexibility index (Phi) is 7.42. The number of anilines is 1. The number of carbonyl (C=O) groups is 3. The molecule has 204 valence electrons. The second-order valence-electron chi connectivity index (χ2n) is 10.7. The van der Waals surface area contributed by atoms with Crippen LogP contribution >= 0.6 is 11.6 Å². The normalized spacial score (nSPS) is 32.1. The first-order chi connectivity index (χ1) is 18.3. The molecule has 1 aromatic carbocycles. The van der Waals surface area contributed by atoms with Gasteiger partial charge in [-0.15, -0.1) is 0 Å². The Balaban J connectivity index is 1.66. The molecule has 1 N–H and O–H groups in total. The predicted octanol–water partition coefficient (Wildman–Crippen LogP) is 3.04. The Hall–Kier alpha value is -2.68. The second-order valence-corrected chi connectivity index (χ2v) is 11.1. The van der Waals surface area contributed by atoms with E-state index in [1.165, 1.54) is 4.90 Å². The number of rotatable bonds is 7. The van der Waals surface area contributed by atoms with E-state index < -0.39 is 35.6 Å². The van der Waals surface area contributed by atoms with E-state index in [0.717, 1.165) is 6.42 Å². The first-order valence-corrected chi connectivity index (χ1v) is 14.0. The van der Waals surface area contributed by atoms with Crippen LogP contribution in [0.4, 0.5) is 5.69 Å². The van der Waals surface area contributed by atoms with Crippen molar-refractivity contribution in [3.05, 3.63) is 53.6 Å². The van der Waals surface area contributed by atoms with Gasteiger partial charge in [0, 0.05) is 19.6 Å². The van der Waals surface area contributed by atoms with Crippen LogP contribution in [0, 0.1) is 17.8 Å². The summed E-state index contributed by atoms with van der Waals surface area (Å²) in [6.45, 7) is 6.95. The molecule has 0 aliphatic carbocycles. The molecular formula is C29H36ClN3O5. The molecule has 38 heavy (non-hydrogen) atoms. The number of hydrogen-bond donors (Lipinski definition) is 1. The molecule has 0 radical (unpaired) electrons. The maximum atomic E-state index is 14.5. The standard InChI is InChI=1S/C29H36ClN3O5/c1-4-14-31-15-8-12-22-23(26(31)35)24-27(36)33(21(17-34)18(3)5-2)25-28(37)32(16-9-13-29(24,25)38-22)20-11-7-6-10-19(20)30/h6-13,18,21-25,34H,4-5,14-17H2,1-3H3/t18-,21-,22-,23+,24-,25?,29-/m0/s1. The number of carbonyl (C=O) groups excluding carboxylic acids is 3. The van der Waals surface area contributed by atoms with Gasteiger partial charge in [-0.2, -0.15) is 0 Å². The number of aliphatic hydroxyl groups excluding tert-OH is 1. The fraction of sp³-hybridized carbons (Fsp3) is 0.552. The van der Waals surface area contributed by atoms with E-state index >= 15 is 0 Å². The molecule has 0 saturated carbocycles. The number of hydrogen-bond acceptors (Lipinski definition) is 5. The van der Waals surface area contributed by atoms with Crippen molar-refractivity contribution in [2.24, 2.45) is 17.8 Å². The van der Waals surface area contributed by atoms with E-state index in [0.29, 0.717) is 30.2 Å². The number of aliphatic hydroxyl groups is 1. The van der Waals surface area contributed by atoms with E-state index in [1.807, 2.05) is 51.1 Å². The molecular weight excluding hydrogens is 506 g/mol. The number of benzene rings is 1. The van der Waals surface area contributed by atoms with Crippen LogP contribution in [0.3, 0.4) is 0 Å². The number of likely N-dealkylation sites (tertiary alicyclic amines) is 1. The van der Waals surface area contributed by atoms with Crippen molar-refractivity contribution < 1.29 is 24.2 Å². The van der Waals surface area contributed by atoms with Gasteiger partial charge in [-0.3, -0.25) is 14.4 Å². The summed E-state index contributed by atoms with van der Waals surface area (Å²) in [4.78, 5) is 47.6. The van der Waals surface area contributed by atoms with Crippen molar-refractivity contribution in [1.29, 1.82) is 0 Å². The number of fused-ring (bicyclic) bond motifs is 2. The van der Waals surface area contributed by atoms with Crippen molar-refractivity contribution in [3.8, 4) is 0 Å². The Labute approximate surface area is 228 Å². The van der Waals surface area contributed by atoms with E-state index in [1.54, 1.807) is 28.0 Å². The second kappa shape index (κ2) is 10.5. The predicted molar refractivity (Wildman–Crippen MR) is 145 cm³/mol. The summed E-state index contributed by atoms with van der Waals surface area (Å²) in [6, 6.07) is 5.45. The van der Waals surface area contributed by atoms with Crippen LogP contribution in [0.15, 0.2) is 48.6 Å². The van der Waals surface area contributed by atoms with Crippen LogP contribution in [0.25, 0.3) is 0 Å². The van der Waals surface area contributed by atoms with E-state index in [4.69, 9.17) is 16.3 Å². The lowest BCUT2D eigenvalue weighted by molar-refractivity contribution is -0.148. The summed E-state index contributed by atoms with van der Waals surface area (Å²) in [7, 11) is 0. The molecule has 7 atom stereocenters. The van der Waals surface area contributed by atoms with Crippen LogP contribution in [0.2, 0.25) is 5.02 Å². The molecule has 8 nitrogen and oxygen atoms in total. The van der Waals surface area contributed by atoms with Gasteiger partial charge in [-0.1, -0.05) is 75.2 Å². The molecule has 0 bridgehead atoms. The SMILES string of the molecule is CCCN1CC=C[C@@H]2O[C@]34C=CCN(c5ccccc5Cl)C(=O)C3N([C@@H](CO)[C@@H](C)CC)C(=O)[C@@H]4[C@@H]2C1=O. The maximum Gasteiger partial charge on any atom is 0.253 e. The summed E-state index contributed by atoms with van der Waals surface area (Å²) in [5.41, 5.74) is -0.798. The summed E-state index contributed by atoms with van der Waals surface area (Å²) < 4.78 is 6.69. The lowest BCUT2D eigenvalue weighted by Crippen LogP contribution is -2.59. The van der Waals surface area contributed by atoms with Crippen molar-refractivity contribution in [3.63, 3.8) is 0 Å². The van der Waals surface area contributed by atoms with Gasteiger partial charge >= 0.3 is 0 Å². The smallest absolute Gasteiger partial charge is 0.253 e. The molecule has 5 rings (SSSR count). The van der Waals surface area contributed by atoms with Gasteiger partial charge in [0.05, 0.1) is 41.3 Å². The third-order valence-electron chi connectivity index (χ3n) is 8.66. The average Bonchev–Trinajstić information content (AvgIpc) is 3.23. The minimum atomic E-state index is -1.34. The monoisotopic (exact) mass is 541 g/mol. The summed E-state index contributed by atoms with van der Waals surface area (Å²) >= 11 is 6.51.